The van der Waals surface area contributed by atoms with Crippen LogP contribution in [-0.2, 0) is 43.2 Å². The Labute approximate surface area is 324 Å². The fraction of sp³-hybridized carbons (Fsp3) is 0.735. The third-order valence-electron chi connectivity index (χ3n) is 8.91. The second kappa shape index (κ2) is 23.4. The lowest BCUT2D eigenvalue weighted by molar-refractivity contribution is -0.145. The highest BCUT2D eigenvalue weighted by atomic mass is 32.2. The average molecular weight is 803 g/mol. The molecular weight excluding hydrogens is 744 g/mol. The van der Waals surface area contributed by atoms with Gasteiger partial charge in [-0.3, -0.25) is 38.4 Å². The molecular formula is C34H58N8O12S. The number of aliphatic hydroxyl groups excluding tert-OH is 1. The first-order valence-electron chi connectivity index (χ1n) is 18.1. The molecule has 0 aliphatic carbocycles. The summed E-state index contributed by atoms with van der Waals surface area (Å²) in [5, 5.41) is 42.8. The van der Waals surface area contributed by atoms with Gasteiger partial charge in [-0.05, 0) is 63.4 Å². The molecule has 0 aromatic carbocycles. The van der Waals surface area contributed by atoms with Crippen LogP contribution in [0.3, 0.4) is 0 Å². The van der Waals surface area contributed by atoms with Gasteiger partial charge in [-0.15, -0.1) is 0 Å². The summed E-state index contributed by atoms with van der Waals surface area (Å²) in [4.78, 5) is 115. The van der Waals surface area contributed by atoms with Gasteiger partial charge in [-0.25, -0.2) is 4.79 Å². The van der Waals surface area contributed by atoms with Gasteiger partial charge in [0.05, 0.1) is 12.6 Å². The monoisotopic (exact) mass is 802 g/mol. The molecule has 21 heteroatoms. The quantitative estimate of drug-likeness (QED) is 0.0502. The van der Waals surface area contributed by atoms with Crippen molar-refractivity contribution in [1.29, 1.82) is 0 Å². The number of carboxylic acids is 2. The minimum Gasteiger partial charge on any atom is -0.481 e. The minimum absolute atomic E-state index is 0.140. The summed E-state index contributed by atoms with van der Waals surface area (Å²) < 4.78 is 0. The molecule has 0 aromatic heterocycles. The maximum Gasteiger partial charge on any atom is 0.326 e. The van der Waals surface area contributed by atoms with Gasteiger partial charge in [-0.2, -0.15) is 11.8 Å². The number of nitrogens with one attached hydrogen (secondary N) is 6. The Bertz CT molecular complexity index is 1400. The Morgan fingerprint density at radius 2 is 1.29 bits per heavy atom. The van der Waals surface area contributed by atoms with Crippen LogP contribution in [0.1, 0.15) is 73.6 Å². The number of nitrogens with two attached hydrogens (primary N) is 1. The molecule has 8 unspecified atom stereocenters. The van der Waals surface area contributed by atoms with Crippen LogP contribution in [0.2, 0.25) is 0 Å². The lowest BCUT2D eigenvalue weighted by Gasteiger charge is -2.29. The second-order valence-corrected chi connectivity index (χ2v) is 15.1. The summed E-state index contributed by atoms with van der Waals surface area (Å²) in [6.07, 6.45) is 1.71. The zero-order chi connectivity index (χ0) is 42.2. The van der Waals surface area contributed by atoms with E-state index < -0.39 is 121 Å². The standard InChI is InChI=1S/C34H58N8O12S/c1-16(2)25(35)31(50)40-22(15-43)29(48)36-18(5)27(46)41-26(17(3)4)32(51)38-20(12-14-55-7)28(47)37-19(6)33(52)42-13-8-9-23(42)30(49)39-21(34(53)54)10-11-24(44)45/h16-23,25-26,43H,8-15,35H2,1-7H3,(H,36,48)(H,37,47)(H,38,51)(H,39,49)(H,40,50)(H,41,46)(H,44,45)(H,53,54). The molecule has 1 rings (SSSR count). The molecule has 0 saturated carbocycles. The van der Waals surface area contributed by atoms with Crippen molar-refractivity contribution >= 4 is 65.1 Å². The predicted molar refractivity (Wildman–Crippen MR) is 200 cm³/mol. The first-order chi connectivity index (χ1) is 25.7. The molecule has 7 amide bonds. The Kier molecular flexibility index (Phi) is 20.7. The van der Waals surface area contributed by atoms with Crippen LogP contribution in [0.25, 0.3) is 0 Å². The number of carboxylic acid groups (broad SMARTS) is 2. The average Bonchev–Trinajstić information content (AvgIpc) is 3.61. The SMILES string of the molecule is CSCCC(NC(=O)C(NC(=O)C(C)NC(=O)C(CO)NC(=O)C(N)C(C)C)C(C)C)C(=O)NC(C)C(=O)N1CCCC1C(=O)NC(CCC(=O)O)C(=O)O. The van der Waals surface area contributed by atoms with Gasteiger partial charge >= 0.3 is 11.9 Å². The van der Waals surface area contributed by atoms with Crippen LogP contribution < -0.4 is 37.6 Å². The third kappa shape index (κ3) is 15.6. The first kappa shape index (κ1) is 48.5. The number of thioether (sulfide) groups is 1. The number of likely N-dealkylation sites (tertiary alicyclic amines) is 1. The second-order valence-electron chi connectivity index (χ2n) is 14.1. The fourth-order valence-electron chi connectivity index (χ4n) is 5.44. The fourth-order valence-corrected chi connectivity index (χ4v) is 5.92. The van der Waals surface area contributed by atoms with Crippen molar-refractivity contribution in [2.75, 3.05) is 25.2 Å². The maximum absolute atomic E-state index is 13.5. The molecule has 11 N–H and O–H groups in total. The molecule has 0 aromatic rings. The molecule has 1 fully saturated rings. The number of rotatable bonds is 23. The molecule has 8 atom stereocenters. The Morgan fingerprint density at radius 3 is 1.82 bits per heavy atom. The van der Waals surface area contributed by atoms with E-state index in [0.717, 1.165) is 0 Å². The van der Waals surface area contributed by atoms with E-state index >= 15 is 0 Å². The van der Waals surface area contributed by atoms with Crippen molar-refractivity contribution in [2.24, 2.45) is 17.6 Å². The zero-order valence-electron chi connectivity index (χ0n) is 32.4. The van der Waals surface area contributed by atoms with Crippen molar-refractivity contribution in [3.8, 4) is 0 Å². The van der Waals surface area contributed by atoms with Gasteiger partial charge in [0, 0.05) is 13.0 Å². The van der Waals surface area contributed by atoms with Crippen molar-refractivity contribution < 1.29 is 58.5 Å². The molecule has 312 valence electrons. The van der Waals surface area contributed by atoms with Gasteiger partial charge in [-0.1, -0.05) is 27.7 Å². The van der Waals surface area contributed by atoms with Gasteiger partial charge < -0.3 is 57.9 Å². The van der Waals surface area contributed by atoms with Crippen molar-refractivity contribution in [3.63, 3.8) is 0 Å². The van der Waals surface area contributed by atoms with Crippen LogP contribution in [0.4, 0.5) is 0 Å². The zero-order valence-corrected chi connectivity index (χ0v) is 33.2. The number of hydrogen-bond acceptors (Lipinski definition) is 12. The van der Waals surface area contributed by atoms with Gasteiger partial charge in [0.25, 0.3) is 0 Å². The van der Waals surface area contributed by atoms with Gasteiger partial charge in [0.2, 0.25) is 41.4 Å². The number of carbonyl (C=O) groups excluding carboxylic acids is 7. The third-order valence-corrected chi connectivity index (χ3v) is 9.55. The summed E-state index contributed by atoms with van der Waals surface area (Å²) in [7, 11) is 0. The number of hydrogen-bond donors (Lipinski definition) is 10. The number of amides is 7. The summed E-state index contributed by atoms with van der Waals surface area (Å²) >= 11 is 1.39. The maximum atomic E-state index is 13.5. The van der Waals surface area contributed by atoms with E-state index in [1.807, 2.05) is 0 Å². The van der Waals surface area contributed by atoms with Crippen molar-refractivity contribution in [2.45, 2.75) is 122 Å². The molecule has 1 aliphatic rings. The van der Waals surface area contributed by atoms with E-state index in [4.69, 9.17) is 10.8 Å². The molecule has 20 nitrogen and oxygen atoms in total. The van der Waals surface area contributed by atoms with E-state index in [0.29, 0.717) is 12.2 Å². The molecule has 0 spiro atoms. The Hall–Kier alpha value is -4.50. The molecule has 1 heterocycles. The highest BCUT2D eigenvalue weighted by molar-refractivity contribution is 7.98. The van der Waals surface area contributed by atoms with Crippen molar-refractivity contribution in [1.82, 2.24) is 36.8 Å². The summed E-state index contributed by atoms with van der Waals surface area (Å²) in [5.74, 6) is -8.12. The summed E-state index contributed by atoms with van der Waals surface area (Å²) in [5.41, 5.74) is 5.80. The topological polar surface area (TPSA) is 316 Å². The molecule has 0 radical (unpaired) electrons. The predicted octanol–water partition coefficient (Wildman–Crippen LogP) is -2.74. The number of aliphatic hydroxyl groups is 1. The largest absolute Gasteiger partial charge is 0.481 e. The van der Waals surface area contributed by atoms with E-state index in [1.54, 1.807) is 34.0 Å². The molecule has 1 saturated heterocycles. The number of carbonyl (C=O) groups is 9. The lowest BCUT2D eigenvalue weighted by atomic mass is 10.0. The first-order valence-corrected chi connectivity index (χ1v) is 19.5. The van der Waals surface area contributed by atoms with Crippen LogP contribution >= 0.6 is 11.8 Å². The minimum atomic E-state index is -1.48. The number of nitrogens with zero attached hydrogens (tertiary/aromatic N) is 1. The summed E-state index contributed by atoms with van der Waals surface area (Å²) in [6.45, 7) is 8.82. The van der Waals surface area contributed by atoms with Crippen LogP contribution in [0.5, 0.6) is 0 Å². The molecule has 1 aliphatic heterocycles. The normalized spacial score (nSPS) is 17.8. The van der Waals surface area contributed by atoms with E-state index in [-0.39, 0.29) is 31.7 Å². The smallest absolute Gasteiger partial charge is 0.326 e. The summed E-state index contributed by atoms with van der Waals surface area (Å²) in [6, 6.07) is -9.58. The highest BCUT2D eigenvalue weighted by Crippen LogP contribution is 2.19. The Morgan fingerprint density at radius 1 is 0.709 bits per heavy atom. The number of aliphatic carboxylic acids is 2. The molecule has 0 bridgehead atoms. The van der Waals surface area contributed by atoms with Crippen LogP contribution in [0, 0.1) is 11.8 Å². The van der Waals surface area contributed by atoms with E-state index in [9.17, 15) is 53.4 Å². The lowest BCUT2D eigenvalue weighted by Crippen LogP contribution is -2.60. The van der Waals surface area contributed by atoms with E-state index in [1.165, 1.54) is 30.5 Å². The van der Waals surface area contributed by atoms with Gasteiger partial charge in [0.1, 0.15) is 42.3 Å². The van der Waals surface area contributed by atoms with Crippen LogP contribution in [-0.4, -0.2) is 147 Å². The Balaban J connectivity index is 2.98. The van der Waals surface area contributed by atoms with E-state index in [2.05, 4.69) is 31.9 Å². The van der Waals surface area contributed by atoms with Crippen molar-refractivity contribution in [3.05, 3.63) is 0 Å². The molecule has 55 heavy (non-hydrogen) atoms. The van der Waals surface area contributed by atoms with Crippen LogP contribution in [0.15, 0.2) is 0 Å². The van der Waals surface area contributed by atoms with Gasteiger partial charge in [0.15, 0.2) is 0 Å². The highest BCUT2D eigenvalue weighted by Gasteiger charge is 2.39.